The fourth-order valence-corrected chi connectivity index (χ4v) is 4.60. The van der Waals surface area contributed by atoms with E-state index in [-0.39, 0.29) is 5.91 Å². The largest absolute Gasteiger partial charge is 0.457 e. The number of anilines is 2. The van der Waals surface area contributed by atoms with Gasteiger partial charge in [0.05, 0.1) is 6.26 Å². The van der Waals surface area contributed by atoms with Crippen LogP contribution in [-0.2, 0) is 10.0 Å². The minimum Gasteiger partial charge on any atom is -0.457 e. The van der Waals surface area contributed by atoms with Gasteiger partial charge in [0.25, 0.3) is 5.91 Å². The smallest absolute Gasteiger partial charge is 0.255 e. The molecule has 5 rings (SSSR count). The van der Waals surface area contributed by atoms with Crippen molar-refractivity contribution in [2.24, 2.45) is 0 Å². The van der Waals surface area contributed by atoms with Crippen LogP contribution >= 0.6 is 0 Å². The summed E-state index contributed by atoms with van der Waals surface area (Å²) in [5.41, 5.74) is 5.48. The number of carbonyl (C=O) groups excluding carboxylic acids is 1. The first kappa shape index (κ1) is 26.6. The predicted molar refractivity (Wildman–Crippen MR) is 154 cm³/mol. The summed E-state index contributed by atoms with van der Waals surface area (Å²) in [7, 11) is -3.34. The number of aromatic nitrogens is 2. The van der Waals surface area contributed by atoms with E-state index >= 15 is 0 Å². The number of carbonyl (C=O) groups is 1. The number of rotatable bonds is 8. The van der Waals surface area contributed by atoms with Crippen LogP contribution in [0.5, 0.6) is 11.5 Å². The number of hydrogen-bond acceptors (Lipinski definition) is 7. The molecule has 0 radical (unpaired) electrons. The molecule has 10 heteroatoms. The van der Waals surface area contributed by atoms with E-state index in [1.54, 1.807) is 67.6 Å². The minimum atomic E-state index is -3.34. The normalized spacial score (nSPS) is 11.2. The lowest BCUT2D eigenvalue weighted by atomic mass is 9.97. The molecule has 1 amide bonds. The van der Waals surface area contributed by atoms with Gasteiger partial charge in [-0.25, -0.2) is 8.42 Å². The van der Waals surface area contributed by atoms with Crippen molar-refractivity contribution >= 4 is 27.3 Å². The Kier molecular flexibility index (Phi) is 7.35. The quantitative estimate of drug-likeness (QED) is 0.226. The molecule has 0 aliphatic rings. The summed E-state index contributed by atoms with van der Waals surface area (Å²) in [6.45, 7) is 3.78. The van der Waals surface area contributed by atoms with Crippen molar-refractivity contribution in [1.82, 2.24) is 10.2 Å². The highest BCUT2D eigenvalue weighted by atomic mass is 32.2. The maximum Gasteiger partial charge on any atom is 0.255 e. The van der Waals surface area contributed by atoms with Gasteiger partial charge in [-0.15, -0.1) is 10.2 Å². The fourth-order valence-electron chi connectivity index (χ4n) is 4.03. The second kappa shape index (κ2) is 11.0. The van der Waals surface area contributed by atoms with Gasteiger partial charge in [0.15, 0.2) is 0 Å². The topological polar surface area (TPSA) is 123 Å². The number of aryl methyl sites for hydroxylation is 2. The number of benzene rings is 4. The summed E-state index contributed by atoms with van der Waals surface area (Å²) in [4.78, 5) is 12.9. The van der Waals surface area contributed by atoms with E-state index in [2.05, 4.69) is 20.2 Å². The lowest BCUT2D eigenvalue weighted by Gasteiger charge is -2.10. The van der Waals surface area contributed by atoms with Gasteiger partial charge in [0.1, 0.15) is 11.5 Å². The molecule has 0 unspecified atom stereocenters. The second-order valence-corrected chi connectivity index (χ2v) is 11.0. The Morgan fingerprint density at radius 2 is 1.38 bits per heavy atom. The highest BCUT2D eigenvalue weighted by Gasteiger charge is 2.12. The van der Waals surface area contributed by atoms with Crippen LogP contribution in [0, 0.1) is 13.8 Å². The summed E-state index contributed by atoms with van der Waals surface area (Å²) in [5, 5.41) is 10.9. The van der Waals surface area contributed by atoms with E-state index in [4.69, 9.17) is 9.15 Å². The third-order valence-electron chi connectivity index (χ3n) is 5.97. The van der Waals surface area contributed by atoms with Crippen molar-refractivity contribution in [2.75, 3.05) is 16.3 Å². The fraction of sp³-hybridized carbons (Fsp3) is 0.100. The number of ether oxygens (including phenoxy) is 1. The van der Waals surface area contributed by atoms with E-state index in [0.717, 1.165) is 28.5 Å². The van der Waals surface area contributed by atoms with Gasteiger partial charge in [-0.2, -0.15) is 0 Å². The number of nitrogens with one attached hydrogen (secondary N) is 2. The zero-order valence-corrected chi connectivity index (χ0v) is 22.8. The zero-order chi connectivity index (χ0) is 28.3. The maximum absolute atomic E-state index is 12.9. The van der Waals surface area contributed by atoms with Crippen LogP contribution in [0.4, 0.5) is 11.4 Å². The molecular formula is C30H26N4O5S. The molecule has 2 N–H and O–H groups in total. The van der Waals surface area contributed by atoms with Gasteiger partial charge >= 0.3 is 0 Å². The summed E-state index contributed by atoms with van der Waals surface area (Å²) in [6.07, 6.45) is 1.09. The Labute approximate surface area is 231 Å². The predicted octanol–water partition coefficient (Wildman–Crippen LogP) is 6.44. The zero-order valence-electron chi connectivity index (χ0n) is 22.0. The first-order valence-corrected chi connectivity index (χ1v) is 14.2. The summed E-state index contributed by atoms with van der Waals surface area (Å²) < 4.78 is 36.4. The molecule has 0 aliphatic carbocycles. The van der Waals surface area contributed by atoms with Crippen molar-refractivity contribution in [2.45, 2.75) is 13.8 Å². The Hall–Kier alpha value is -4.96. The Balaban J connectivity index is 1.22. The van der Waals surface area contributed by atoms with Crippen LogP contribution < -0.4 is 14.8 Å². The van der Waals surface area contributed by atoms with Gasteiger partial charge in [-0.1, -0.05) is 18.2 Å². The van der Waals surface area contributed by atoms with Crippen LogP contribution in [0.25, 0.3) is 22.6 Å². The average Bonchev–Trinajstić information content (AvgIpc) is 3.36. The molecule has 0 spiro atoms. The lowest BCUT2D eigenvalue weighted by Crippen LogP contribution is -2.11. The molecule has 0 atom stereocenters. The van der Waals surface area contributed by atoms with Crippen molar-refractivity contribution < 1.29 is 22.4 Å². The highest BCUT2D eigenvalue weighted by molar-refractivity contribution is 7.92. The van der Waals surface area contributed by atoms with Gasteiger partial charge in [-0.3, -0.25) is 9.52 Å². The van der Waals surface area contributed by atoms with Crippen molar-refractivity contribution in [3.05, 3.63) is 108 Å². The molecule has 1 aromatic heterocycles. The molecular weight excluding hydrogens is 528 g/mol. The van der Waals surface area contributed by atoms with Crippen molar-refractivity contribution in [1.29, 1.82) is 0 Å². The molecule has 40 heavy (non-hydrogen) atoms. The second-order valence-electron chi connectivity index (χ2n) is 9.21. The molecule has 0 aliphatic heterocycles. The maximum atomic E-state index is 12.9. The average molecular weight is 555 g/mol. The first-order valence-electron chi connectivity index (χ1n) is 12.3. The number of amides is 1. The Morgan fingerprint density at radius 1 is 0.775 bits per heavy atom. The molecule has 9 nitrogen and oxygen atoms in total. The van der Waals surface area contributed by atoms with E-state index < -0.39 is 10.0 Å². The minimum absolute atomic E-state index is 0.235. The van der Waals surface area contributed by atoms with Gasteiger partial charge in [0.2, 0.25) is 21.8 Å². The summed E-state index contributed by atoms with van der Waals surface area (Å²) >= 11 is 0. The Bertz CT molecular complexity index is 1760. The standard InChI is InChI=1S/C30H26N4O5S/c1-19-4-5-23(30-33-32-20(2)38-30)18-28(19)21-6-8-22(9-7-21)29(35)31-24-10-14-26(15-11-24)39-27-16-12-25(13-17-27)34-40(3,36)37/h4-18,34H,1-3H3,(H,31,35). The molecule has 4 aromatic carbocycles. The van der Waals surface area contributed by atoms with Crippen LogP contribution in [-0.4, -0.2) is 30.8 Å². The van der Waals surface area contributed by atoms with Crippen LogP contribution in [0.3, 0.4) is 0 Å². The Morgan fingerprint density at radius 3 is 1.95 bits per heavy atom. The van der Waals surface area contributed by atoms with Gasteiger partial charge in [0, 0.05) is 29.4 Å². The number of nitrogens with zero attached hydrogens (tertiary/aromatic N) is 2. The third kappa shape index (κ3) is 6.54. The number of hydrogen-bond donors (Lipinski definition) is 2. The SMILES string of the molecule is Cc1nnc(-c2ccc(C)c(-c3ccc(C(=O)Nc4ccc(Oc5ccc(NS(C)(=O)=O)cc5)cc4)cc3)c2)o1. The van der Waals surface area contributed by atoms with E-state index in [1.165, 1.54) is 0 Å². The molecule has 0 bridgehead atoms. The summed E-state index contributed by atoms with van der Waals surface area (Å²) in [6, 6.07) is 26.9. The monoisotopic (exact) mass is 554 g/mol. The lowest BCUT2D eigenvalue weighted by molar-refractivity contribution is 0.102. The molecule has 0 fully saturated rings. The molecule has 0 saturated carbocycles. The van der Waals surface area contributed by atoms with Crippen molar-refractivity contribution in [3.63, 3.8) is 0 Å². The summed E-state index contributed by atoms with van der Waals surface area (Å²) in [5.74, 6) is 1.85. The molecule has 5 aromatic rings. The molecule has 1 heterocycles. The third-order valence-corrected chi connectivity index (χ3v) is 6.58. The van der Waals surface area contributed by atoms with Gasteiger partial charge in [-0.05, 0) is 96.4 Å². The number of sulfonamides is 1. The first-order chi connectivity index (χ1) is 19.1. The van der Waals surface area contributed by atoms with Crippen LogP contribution in [0.2, 0.25) is 0 Å². The van der Waals surface area contributed by atoms with E-state index in [9.17, 15) is 13.2 Å². The molecule has 202 valence electrons. The van der Waals surface area contributed by atoms with Crippen LogP contribution in [0.1, 0.15) is 21.8 Å². The van der Waals surface area contributed by atoms with E-state index in [0.29, 0.717) is 40.2 Å². The van der Waals surface area contributed by atoms with Crippen LogP contribution in [0.15, 0.2) is 95.4 Å². The van der Waals surface area contributed by atoms with Gasteiger partial charge < -0.3 is 14.5 Å². The van der Waals surface area contributed by atoms with Crippen molar-refractivity contribution in [3.8, 4) is 34.1 Å². The van der Waals surface area contributed by atoms with E-state index in [1.807, 2.05) is 37.3 Å². The molecule has 0 saturated heterocycles. The highest BCUT2D eigenvalue weighted by Crippen LogP contribution is 2.30.